The van der Waals surface area contributed by atoms with Crippen LogP contribution in [-0.4, -0.2) is 42.6 Å². The number of carbonyl (C=O) groups excluding carboxylic acids is 1. The largest absolute Gasteiger partial charge is 0.476 e. The summed E-state index contributed by atoms with van der Waals surface area (Å²) in [5, 5.41) is 36.3. The first-order valence-corrected chi connectivity index (χ1v) is 9.47. The summed E-state index contributed by atoms with van der Waals surface area (Å²) in [7, 11) is 0. The highest BCUT2D eigenvalue weighted by Crippen LogP contribution is 2.32. The quantitative estimate of drug-likeness (QED) is 0.466. The van der Waals surface area contributed by atoms with Crippen LogP contribution in [0.3, 0.4) is 0 Å². The molecule has 9 nitrogen and oxygen atoms in total. The van der Waals surface area contributed by atoms with E-state index in [2.05, 4.69) is 15.4 Å². The van der Waals surface area contributed by atoms with Crippen molar-refractivity contribution in [1.29, 1.82) is 0 Å². The smallest absolute Gasteiger partial charge is 0.389 e. The van der Waals surface area contributed by atoms with Crippen LogP contribution in [0.2, 0.25) is 0 Å². The van der Waals surface area contributed by atoms with Crippen molar-refractivity contribution in [3.05, 3.63) is 48.3 Å². The van der Waals surface area contributed by atoms with Gasteiger partial charge in [0.05, 0.1) is 17.5 Å². The van der Waals surface area contributed by atoms with Crippen LogP contribution in [0.4, 0.5) is 5.69 Å². The molecular formula is C20H22N4O5. The Balaban J connectivity index is 1.62. The predicted molar refractivity (Wildman–Crippen MR) is 104 cm³/mol. The monoisotopic (exact) mass is 398 g/mol. The van der Waals surface area contributed by atoms with E-state index in [0.29, 0.717) is 28.3 Å². The molecule has 2 aromatic heterocycles. The molecule has 9 heteroatoms. The first-order valence-electron chi connectivity index (χ1n) is 9.47. The molecule has 0 radical (unpaired) electrons. The molecule has 152 valence electrons. The van der Waals surface area contributed by atoms with Crippen LogP contribution < -0.4 is 10.1 Å². The van der Waals surface area contributed by atoms with Gasteiger partial charge in [0.25, 0.3) is 5.91 Å². The third-order valence-electron chi connectivity index (χ3n) is 5.02. The Labute approximate surface area is 166 Å². The van der Waals surface area contributed by atoms with Crippen molar-refractivity contribution in [2.24, 2.45) is 5.92 Å². The molecule has 4 rings (SSSR count). The molecule has 4 N–H and O–H groups in total. The van der Waals surface area contributed by atoms with Gasteiger partial charge in [0.15, 0.2) is 0 Å². The van der Waals surface area contributed by atoms with Gasteiger partial charge in [0.2, 0.25) is 5.88 Å². The summed E-state index contributed by atoms with van der Waals surface area (Å²) in [5.74, 6) is 0.210. The zero-order chi connectivity index (χ0) is 20.4. The summed E-state index contributed by atoms with van der Waals surface area (Å²) in [4.78, 5) is 16.3. The number of ether oxygens (including phenoxy) is 1. The van der Waals surface area contributed by atoms with Crippen LogP contribution in [0.5, 0.6) is 5.88 Å². The van der Waals surface area contributed by atoms with Crippen LogP contribution in [0, 0.1) is 5.92 Å². The van der Waals surface area contributed by atoms with Crippen LogP contribution >= 0.6 is 0 Å². The highest BCUT2D eigenvalue weighted by Gasteiger charge is 2.28. The van der Waals surface area contributed by atoms with Gasteiger partial charge in [-0.05, 0) is 49.1 Å². The van der Waals surface area contributed by atoms with Crippen molar-refractivity contribution < 1.29 is 24.9 Å². The Kier molecular flexibility index (Phi) is 5.18. The number of rotatable bonds is 6. The summed E-state index contributed by atoms with van der Waals surface area (Å²) in [5.41, 5.74) is 0.807. The Morgan fingerprint density at radius 3 is 2.69 bits per heavy atom. The second-order valence-corrected chi connectivity index (χ2v) is 7.18. The van der Waals surface area contributed by atoms with Gasteiger partial charge in [-0.3, -0.25) is 9.78 Å². The Bertz CT molecular complexity index is 1010. The van der Waals surface area contributed by atoms with Crippen molar-refractivity contribution in [2.75, 3.05) is 11.9 Å². The van der Waals surface area contributed by atoms with Gasteiger partial charge in [-0.2, -0.15) is 4.68 Å². The van der Waals surface area contributed by atoms with Gasteiger partial charge in [0.1, 0.15) is 5.69 Å². The maximum Gasteiger partial charge on any atom is 0.389 e. The lowest BCUT2D eigenvalue weighted by Gasteiger charge is -2.15. The molecule has 0 bridgehead atoms. The van der Waals surface area contributed by atoms with Gasteiger partial charge < -0.3 is 25.4 Å². The normalized spacial score (nSPS) is 15.0. The summed E-state index contributed by atoms with van der Waals surface area (Å²) in [6.45, 7) is 0.472. The Hall–Kier alpha value is -3.01. The molecule has 29 heavy (non-hydrogen) atoms. The number of nitrogens with one attached hydrogen (secondary N) is 1. The second kappa shape index (κ2) is 7.78. The van der Waals surface area contributed by atoms with Gasteiger partial charge in [-0.1, -0.05) is 18.9 Å². The van der Waals surface area contributed by atoms with Crippen molar-refractivity contribution >= 4 is 22.5 Å². The maximum absolute atomic E-state index is 12.3. The topological polar surface area (TPSA) is 130 Å². The van der Waals surface area contributed by atoms with E-state index in [9.17, 15) is 20.1 Å². The lowest BCUT2D eigenvalue weighted by atomic mass is 10.1. The number of aliphatic hydroxyl groups is 3. The highest BCUT2D eigenvalue weighted by atomic mass is 16.7. The molecule has 3 aromatic rings. The van der Waals surface area contributed by atoms with E-state index in [4.69, 9.17) is 4.74 Å². The number of hydrogen-bond donors (Lipinski definition) is 4. The van der Waals surface area contributed by atoms with E-state index in [0.717, 1.165) is 12.8 Å². The Morgan fingerprint density at radius 2 is 2.00 bits per heavy atom. The SMILES string of the molecule is O=C(Nc1ccc2c(OCC3CCCC3)nn(C(O)(O)O)c2c1)c1ccccn1. The molecule has 1 fully saturated rings. The average molecular weight is 398 g/mol. The minimum Gasteiger partial charge on any atom is -0.476 e. The highest BCUT2D eigenvalue weighted by molar-refractivity contribution is 6.04. The molecule has 2 heterocycles. The van der Waals surface area contributed by atoms with Gasteiger partial charge in [-0.25, -0.2) is 0 Å². The third-order valence-corrected chi connectivity index (χ3v) is 5.02. The number of carbonyl (C=O) groups is 1. The molecule has 0 saturated heterocycles. The van der Waals surface area contributed by atoms with E-state index in [-0.39, 0.29) is 17.1 Å². The summed E-state index contributed by atoms with van der Waals surface area (Å²) < 4.78 is 6.45. The first-order chi connectivity index (χ1) is 13.9. The number of anilines is 1. The van der Waals surface area contributed by atoms with Crippen molar-refractivity contribution in [3.8, 4) is 5.88 Å². The van der Waals surface area contributed by atoms with Crippen molar-refractivity contribution in [1.82, 2.24) is 14.8 Å². The summed E-state index contributed by atoms with van der Waals surface area (Å²) in [6, 6.07) is 9.74. The molecule has 1 aliphatic carbocycles. The molecule has 1 aliphatic rings. The van der Waals surface area contributed by atoms with Crippen LogP contribution in [0.15, 0.2) is 42.6 Å². The lowest BCUT2D eigenvalue weighted by Crippen LogP contribution is -2.33. The fourth-order valence-corrected chi connectivity index (χ4v) is 3.57. The zero-order valence-corrected chi connectivity index (χ0v) is 15.7. The standard InChI is InChI=1S/C20H22N4O5/c25-18(16-7-3-4-10-21-16)22-14-8-9-15-17(11-14)24(20(26,27)28)23-19(15)29-12-13-5-1-2-6-13/h3-4,7-11,13,26-28H,1-2,5-6,12H2,(H,22,25). The van der Waals surface area contributed by atoms with Crippen molar-refractivity contribution in [2.45, 2.75) is 31.8 Å². The minimum atomic E-state index is -3.21. The van der Waals surface area contributed by atoms with Gasteiger partial charge >= 0.3 is 6.10 Å². The molecule has 1 saturated carbocycles. The molecule has 1 aromatic carbocycles. The number of pyridine rings is 1. The number of amides is 1. The third kappa shape index (κ3) is 4.21. The van der Waals surface area contributed by atoms with Crippen molar-refractivity contribution in [3.63, 3.8) is 0 Å². The van der Waals surface area contributed by atoms with Crippen LogP contribution in [0.1, 0.15) is 36.2 Å². The molecule has 0 atom stereocenters. The zero-order valence-electron chi connectivity index (χ0n) is 15.7. The lowest BCUT2D eigenvalue weighted by molar-refractivity contribution is -0.378. The number of aromatic nitrogens is 3. The predicted octanol–water partition coefficient (Wildman–Crippen LogP) is 1.80. The number of hydrogen-bond acceptors (Lipinski definition) is 7. The number of nitrogens with zero attached hydrogens (tertiary/aromatic N) is 3. The molecule has 0 spiro atoms. The summed E-state index contributed by atoms with van der Waals surface area (Å²) >= 11 is 0. The molecule has 0 aliphatic heterocycles. The van der Waals surface area contributed by atoms with Crippen LogP contribution in [0.25, 0.3) is 10.9 Å². The maximum atomic E-state index is 12.3. The van der Waals surface area contributed by atoms with E-state index in [1.165, 1.54) is 25.1 Å². The second-order valence-electron chi connectivity index (χ2n) is 7.18. The molecule has 1 amide bonds. The Morgan fingerprint density at radius 1 is 1.21 bits per heavy atom. The van der Waals surface area contributed by atoms with E-state index < -0.39 is 12.0 Å². The van der Waals surface area contributed by atoms with E-state index >= 15 is 0 Å². The average Bonchev–Trinajstić information content (AvgIpc) is 3.34. The van der Waals surface area contributed by atoms with E-state index in [1.54, 1.807) is 30.3 Å². The minimum absolute atomic E-state index is 0.191. The van der Waals surface area contributed by atoms with Gasteiger partial charge in [0, 0.05) is 11.9 Å². The van der Waals surface area contributed by atoms with Crippen LogP contribution in [-0.2, 0) is 6.10 Å². The fraction of sp³-hybridized carbons (Fsp3) is 0.350. The fourth-order valence-electron chi connectivity index (χ4n) is 3.57. The summed E-state index contributed by atoms with van der Waals surface area (Å²) in [6.07, 6.45) is 2.83. The van der Waals surface area contributed by atoms with Gasteiger partial charge in [-0.15, -0.1) is 5.10 Å². The number of fused-ring (bicyclic) bond motifs is 1. The molecule has 0 unspecified atom stereocenters. The number of benzene rings is 1. The van der Waals surface area contributed by atoms with E-state index in [1.807, 2.05) is 0 Å². The first kappa shape index (κ1) is 19.3. The molecular weight excluding hydrogens is 376 g/mol.